The Morgan fingerprint density at radius 3 is 2.41 bits per heavy atom. The van der Waals surface area contributed by atoms with Crippen molar-refractivity contribution >= 4 is 33.3 Å². The molecular formula is C28H39ClN6O5S. The smallest absolute Gasteiger partial charge is 0.249 e. The second kappa shape index (κ2) is 13.0. The van der Waals surface area contributed by atoms with E-state index in [1.54, 1.807) is 13.2 Å². The number of hydrogen-bond acceptors (Lipinski definition) is 10. The minimum atomic E-state index is -3.77. The lowest BCUT2D eigenvalue weighted by Gasteiger charge is -2.28. The van der Waals surface area contributed by atoms with Crippen LogP contribution < -0.4 is 14.9 Å². The number of benzene rings is 1. The van der Waals surface area contributed by atoms with E-state index >= 15 is 0 Å². The lowest BCUT2D eigenvalue weighted by atomic mass is 9.94. The summed E-state index contributed by atoms with van der Waals surface area (Å²) in [4.78, 5) is 6.84. The van der Waals surface area contributed by atoms with E-state index < -0.39 is 15.6 Å². The van der Waals surface area contributed by atoms with Gasteiger partial charge in [0.25, 0.3) is 0 Å². The largest absolute Gasteiger partial charge is 0.419 e. The number of methoxy groups -OCH3 is 2. The molecule has 224 valence electrons. The van der Waals surface area contributed by atoms with Gasteiger partial charge in [0.1, 0.15) is 5.82 Å². The maximum atomic E-state index is 12.9. The number of halogens is 1. The van der Waals surface area contributed by atoms with Crippen LogP contribution in [0.4, 0.5) is 11.6 Å². The SMILES string of the molecule is COCCN(CC1CC1C)c1cc(-c2nnc(C(C)(N)Cc3ccccc3)o2)c(Cl)c(N(CCOC)S(C)(=O)=O)n1. The number of rotatable bonds is 15. The highest BCUT2D eigenvalue weighted by atomic mass is 35.5. The maximum absolute atomic E-state index is 12.9. The van der Waals surface area contributed by atoms with Gasteiger partial charge in [-0.2, -0.15) is 0 Å². The Bertz CT molecular complexity index is 1420. The molecule has 11 nitrogen and oxygen atoms in total. The quantitative estimate of drug-likeness (QED) is 0.272. The zero-order valence-electron chi connectivity index (χ0n) is 24.2. The van der Waals surface area contributed by atoms with Crippen LogP contribution in [-0.2, 0) is 31.5 Å². The summed E-state index contributed by atoms with van der Waals surface area (Å²) in [5.74, 6) is 2.04. The number of pyridine rings is 1. The van der Waals surface area contributed by atoms with Gasteiger partial charge in [-0.25, -0.2) is 13.4 Å². The molecule has 0 bridgehead atoms. The van der Waals surface area contributed by atoms with Crippen LogP contribution in [0.1, 0.15) is 31.7 Å². The third kappa shape index (κ3) is 7.75. The van der Waals surface area contributed by atoms with Crippen LogP contribution in [0.5, 0.6) is 0 Å². The van der Waals surface area contributed by atoms with E-state index in [-0.39, 0.29) is 35.8 Å². The molecule has 1 fully saturated rings. The molecule has 0 aliphatic heterocycles. The summed E-state index contributed by atoms with van der Waals surface area (Å²) in [5.41, 5.74) is 7.06. The van der Waals surface area contributed by atoms with Gasteiger partial charge < -0.3 is 24.5 Å². The Morgan fingerprint density at radius 1 is 1.15 bits per heavy atom. The van der Waals surface area contributed by atoms with Gasteiger partial charge in [0.05, 0.1) is 42.1 Å². The predicted octanol–water partition coefficient (Wildman–Crippen LogP) is 3.72. The standard InChI is InChI=1S/C28H39ClN6O5S/c1-19-15-21(19)18-34(11-13-38-3)23-16-22(24(29)25(31-23)35(12-14-39-4)41(5,36)37)26-32-33-27(40-26)28(2,30)17-20-9-7-6-8-10-20/h6-10,16,19,21H,11-15,17-18,30H2,1-5H3. The van der Waals surface area contributed by atoms with Gasteiger partial charge in [-0.15, -0.1) is 10.2 Å². The first-order valence-electron chi connectivity index (χ1n) is 13.5. The van der Waals surface area contributed by atoms with Crippen molar-refractivity contribution in [3.05, 3.63) is 52.9 Å². The fourth-order valence-corrected chi connectivity index (χ4v) is 5.87. The third-order valence-corrected chi connectivity index (χ3v) is 8.77. The molecule has 2 N–H and O–H groups in total. The summed E-state index contributed by atoms with van der Waals surface area (Å²) in [6.45, 7) is 5.95. The summed E-state index contributed by atoms with van der Waals surface area (Å²) in [6.07, 6.45) is 2.69. The number of anilines is 2. The first-order valence-corrected chi connectivity index (χ1v) is 15.8. The average Bonchev–Trinajstić information content (AvgIpc) is 3.38. The van der Waals surface area contributed by atoms with Crippen molar-refractivity contribution in [3.8, 4) is 11.5 Å². The number of sulfonamides is 1. The van der Waals surface area contributed by atoms with Crippen LogP contribution in [0.15, 0.2) is 40.8 Å². The predicted molar refractivity (Wildman–Crippen MR) is 160 cm³/mol. The Labute approximate surface area is 247 Å². The fraction of sp³-hybridized carbons (Fsp3) is 0.536. The van der Waals surface area contributed by atoms with Crippen LogP contribution in [0.3, 0.4) is 0 Å². The van der Waals surface area contributed by atoms with Crippen molar-refractivity contribution in [1.29, 1.82) is 0 Å². The molecule has 2 heterocycles. The van der Waals surface area contributed by atoms with Crippen molar-refractivity contribution in [1.82, 2.24) is 15.2 Å². The normalized spacial score (nSPS) is 18.2. The van der Waals surface area contributed by atoms with Crippen molar-refractivity contribution in [2.75, 3.05) is 62.5 Å². The first kappa shape index (κ1) is 31.2. The van der Waals surface area contributed by atoms with E-state index in [1.807, 2.05) is 37.3 Å². The zero-order valence-corrected chi connectivity index (χ0v) is 25.8. The van der Waals surface area contributed by atoms with E-state index in [9.17, 15) is 8.42 Å². The molecule has 1 aliphatic carbocycles. The number of hydrogen-bond donors (Lipinski definition) is 1. The molecule has 0 radical (unpaired) electrons. The molecule has 2 aromatic heterocycles. The lowest BCUT2D eigenvalue weighted by molar-refractivity contribution is 0.204. The highest BCUT2D eigenvalue weighted by Crippen LogP contribution is 2.42. The molecule has 1 aliphatic rings. The molecule has 1 aromatic carbocycles. The van der Waals surface area contributed by atoms with Crippen molar-refractivity contribution < 1.29 is 22.3 Å². The maximum Gasteiger partial charge on any atom is 0.249 e. The van der Waals surface area contributed by atoms with Crippen LogP contribution >= 0.6 is 11.6 Å². The van der Waals surface area contributed by atoms with Crippen molar-refractivity contribution in [2.45, 2.75) is 32.2 Å². The van der Waals surface area contributed by atoms with Crippen LogP contribution in [0, 0.1) is 11.8 Å². The number of ether oxygens (including phenoxy) is 2. The molecule has 13 heteroatoms. The van der Waals surface area contributed by atoms with Gasteiger partial charge in [0.15, 0.2) is 5.82 Å². The van der Waals surface area contributed by atoms with E-state index in [4.69, 9.17) is 36.2 Å². The Hall–Kier alpha value is -2.77. The number of aromatic nitrogens is 3. The van der Waals surface area contributed by atoms with Crippen LogP contribution in [0.25, 0.3) is 11.5 Å². The molecule has 3 atom stereocenters. The zero-order chi connectivity index (χ0) is 29.8. The first-order chi connectivity index (χ1) is 19.4. The van der Waals surface area contributed by atoms with Gasteiger partial charge >= 0.3 is 0 Å². The summed E-state index contributed by atoms with van der Waals surface area (Å²) >= 11 is 6.89. The third-order valence-electron chi connectivity index (χ3n) is 7.24. The van der Waals surface area contributed by atoms with Crippen molar-refractivity contribution in [3.63, 3.8) is 0 Å². The molecule has 0 saturated heterocycles. The van der Waals surface area contributed by atoms with Gasteiger partial charge in [-0.1, -0.05) is 48.9 Å². The van der Waals surface area contributed by atoms with Crippen LogP contribution in [-0.4, -0.2) is 76.9 Å². The van der Waals surface area contributed by atoms with Gasteiger partial charge in [-0.05, 0) is 43.2 Å². The number of nitrogens with zero attached hydrogens (tertiary/aromatic N) is 5. The Kier molecular flexibility index (Phi) is 9.91. The highest BCUT2D eigenvalue weighted by Gasteiger charge is 2.36. The minimum Gasteiger partial charge on any atom is -0.419 e. The van der Waals surface area contributed by atoms with E-state index in [2.05, 4.69) is 22.0 Å². The monoisotopic (exact) mass is 606 g/mol. The molecular weight excluding hydrogens is 568 g/mol. The van der Waals surface area contributed by atoms with E-state index in [1.165, 1.54) is 7.11 Å². The van der Waals surface area contributed by atoms with E-state index in [0.29, 0.717) is 42.8 Å². The second-order valence-corrected chi connectivity index (χ2v) is 13.2. The molecule has 0 amide bonds. The Morgan fingerprint density at radius 2 is 1.80 bits per heavy atom. The number of nitrogens with two attached hydrogens (primary N) is 1. The Balaban J connectivity index is 1.80. The summed E-state index contributed by atoms with van der Waals surface area (Å²) in [6, 6.07) is 11.5. The van der Waals surface area contributed by atoms with Crippen LogP contribution in [0.2, 0.25) is 5.02 Å². The van der Waals surface area contributed by atoms with Gasteiger partial charge in [0, 0.05) is 27.3 Å². The van der Waals surface area contributed by atoms with E-state index in [0.717, 1.165) is 29.1 Å². The summed E-state index contributed by atoms with van der Waals surface area (Å²) in [5, 5.41) is 8.61. The average molecular weight is 607 g/mol. The molecule has 41 heavy (non-hydrogen) atoms. The van der Waals surface area contributed by atoms with Gasteiger partial charge in [-0.3, -0.25) is 4.31 Å². The summed E-state index contributed by atoms with van der Waals surface area (Å²) in [7, 11) is -0.628. The lowest BCUT2D eigenvalue weighted by Crippen LogP contribution is -2.36. The highest BCUT2D eigenvalue weighted by molar-refractivity contribution is 7.92. The molecule has 4 rings (SSSR count). The molecule has 1 saturated carbocycles. The molecule has 0 spiro atoms. The minimum absolute atomic E-state index is 0.0235. The fourth-order valence-electron chi connectivity index (χ4n) is 4.68. The van der Waals surface area contributed by atoms with Gasteiger partial charge in [0.2, 0.25) is 21.8 Å². The second-order valence-electron chi connectivity index (χ2n) is 10.9. The summed E-state index contributed by atoms with van der Waals surface area (Å²) < 4.78 is 43.6. The van der Waals surface area contributed by atoms with Crippen molar-refractivity contribution in [2.24, 2.45) is 17.6 Å². The topological polar surface area (TPSA) is 137 Å². The molecule has 3 aromatic rings. The molecule has 3 unspecified atom stereocenters.